The van der Waals surface area contributed by atoms with Gasteiger partial charge in [-0.15, -0.1) is 0 Å². The number of rotatable bonds is 6. The number of nitrogens with zero attached hydrogens (tertiary/aromatic N) is 1. The van der Waals surface area contributed by atoms with Crippen LogP contribution in [0.1, 0.15) is 28.4 Å². The summed E-state index contributed by atoms with van der Waals surface area (Å²) in [6.07, 6.45) is 0.891. The Hall–Kier alpha value is -2.38. The maximum atomic E-state index is 10.9. The van der Waals surface area contributed by atoms with E-state index in [4.69, 9.17) is 32.0 Å². The molecule has 0 aliphatic carbocycles. The number of benzene rings is 1. The van der Waals surface area contributed by atoms with Crippen molar-refractivity contribution in [2.45, 2.75) is 12.3 Å². The van der Waals surface area contributed by atoms with Gasteiger partial charge in [-0.2, -0.15) is 0 Å². The molecule has 2 aromatic rings. The van der Waals surface area contributed by atoms with Gasteiger partial charge in [0.1, 0.15) is 6.26 Å². The minimum atomic E-state index is -1.21. The highest BCUT2D eigenvalue weighted by Gasteiger charge is 2.19. The molecular formula is C14H13ClN2O5. The first kappa shape index (κ1) is 16.0. The van der Waals surface area contributed by atoms with Crippen molar-refractivity contribution in [1.29, 1.82) is 0 Å². The lowest BCUT2D eigenvalue weighted by Crippen LogP contribution is -2.16. The zero-order valence-corrected chi connectivity index (χ0v) is 12.1. The summed E-state index contributed by atoms with van der Waals surface area (Å²) < 4.78 is 5.12. The van der Waals surface area contributed by atoms with Gasteiger partial charge in [-0.1, -0.05) is 17.7 Å². The van der Waals surface area contributed by atoms with Crippen LogP contribution in [0.5, 0.6) is 0 Å². The molecule has 0 amide bonds. The van der Waals surface area contributed by atoms with Crippen LogP contribution in [-0.2, 0) is 4.79 Å². The normalized spacial score (nSPS) is 12.1. The predicted molar refractivity (Wildman–Crippen MR) is 78.0 cm³/mol. The third kappa shape index (κ3) is 3.44. The van der Waals surface area contributed by atoms with E-state index in [-0.39, 0.29) is 30.5 Å². The summed E-state index contributed by atoms with van der Waals surface area (Å²) in [4.78, 5) is 25.5. The average molecular weight is 325 g/mol. The fourth-order valence-corrected chi connectivity index (χ4v) is 2.20. The number of carbonyl (C=O) groups is 2. The predicted octanol–water partition coefficient (Wildman–Crippen LogP) is 2.21. The van der Waals surface area contributed by atoms with E-state index in [1.807, 2.05) is 0 Å². The first-order valence-corrected chi connectivity index (χ1v) is 6.70. The van der Waals surface area contributed by atoms with E-state index in [1.54, 1.807) is 18.2 Å². The number of aromatic nitrogens is 1. The van der Waals surface area contributed by atoms with Crippen LogP contribution in [0.15, 0.2) is 28.9 Å². The fraction of sp³-hybridized carbons (Fsp3) is 0.214. The van der Waals surface area contributed by atoms with Gasteiger partial charge in [-0.25, -0.2) is 9.78 Å². The van der Waals surface area contributed by atoms with E-state index in [0.717, 1.165) is 6.26 Å². The van der Waals surface area contributed by atoms with Crippen LogP contribution in [-0.4, -0.2) is 33.7 Å². The molecule has 1 aromatic heterocycles. The summed E-state index contributed by atoms with van der Waals surface area (Å²) in [5.74, 6) is -2.51. The Bertz CT molecular complexity index is 713. The SMILES string of the molecule is NC[C@H](CC(=O)O)c1ccc(Cl)c(-c2nc(C(=O)O)co2)c1. The number of oxazole rings is 1. The van der Waals surface area contributed by atoms with Crippen LogP contribution in [0, 0.1) is 0 Å². The molecule has 0 fully saturated rings. The molecule has 116 valence electrons. The summed E-state index contributed by atoms with van der Waals surface area (Å²) in [5.41, 5.74) is 6.42. The van der Waals surface area contributed by atoms with Crippen molar-refractivity contribution in [1.82, 2.24) is 4.98 Å². The topological polar surface area (TPSA) is 127 Å². The van der Waals surface area contributed by atoms with E-state index in [1.165, 1.54) is 0 Å². The Morgan fingerprint density at radius 2 is 2.09 bits per heavy atom. The zero-order valence-electron chi connectivity index (χ0n) is 11.3. The maximum absolute atomic E-state index is 10.9. The van der Waals surface area contributed by atoms with Crippen molar-refractivity contribution in [2.24, 2.45) is 5.73 Å². The summed E-state index contributed by atoms with van der Waals surface area (Å²) >= 11 is 6.08. The molecule has 0 aliphatic rings. The van der Waals surface area contributed by atoms with Crippen molar-refractivity contribution in [3.8, 4) is 11.5 Å². The summed E-state index contributed by atoms with van der Waals surface area (Å²) in [7, 11) is 0. The summed E-state index contributed by atoms with van der Waals surface area (Å²) in [5, 5.41) is 18.1. The number of halogens is 1. The van der Waals surface area contributed by atoms with Crippen molar-refractivity contribution in [3.63, 3.8) is 0 Å². The highest BCUT2D eigenvalue weighted by Crippen LogP contribution is 2.31. The lowest BCUT2D eigenvalue weighted by Gasteiger charge is -2.14. The maximum Gasteiger partial charge on any atom is 0.357 e. The lowest BCUT2D eigenvalue weighted by atomic mass is 9.94. The van der Waals surface area contributed by atoms with E-state index in [9.17, 15) is 9.59 Å². The molecule has 1 heterocycles. The van der Waals surface area contributed by atoms with Gasteiger partial charge in [0.05, 0.1) is 17.0 Å². The molecule has 1 atom stereocenters. The number of aliphatic carboxylic acids is 1. The monoisotopic (exact) mass is 324 g/mol. The molecule has 0 aliphatic heterocycles. The van der Waals surface area contributed by atoms with Gasteiger partial charge >= 0.3 is 11.9 Å². The Morgan fingerprint density at radius 3 is 2.64 bits per heavy atom. The van der Waals surface area contributed by atoms with Gasteiger partial charge < -0.3 is 20.4 Å². The number of aromatic carboxylic acids is 1. The average Bonchev–Trinajstić information content (AvgIpc) is 2.95. The minimum absolute atomic E-state index is 0.0512. The largest absolute Gasteiger partial charge is 0.481 e. The highest BCUT2D eigenvalue weighted by atomic mass is 35.5. The van der Waals surface area contributed by atoms with Gasteiger partial charge in [-0.05, 0) is 24.2 Å². The lowest BCUT2D eigenvalue weighted by molar-refractivity contribution is -0.137. The van der Waals surface area contributed by atoms with Gasteiger partial charge in [0, 0.05) is 5.92 Å². The molecule has 0 unspecified atom stereocenters. The summed E-state index contributed by atoms with van der Waals surface area (Å²) in [6.45, 7) is 0.152. The fourth-order valence-electron chi connectivity index (χ4n) is 2.00. The van der Waals surface area contributed by atoms with Crippen molar-refractivity contribution in [3.05, 3.63) is 40.7 Å². The molecule has 1 aromatic carbocycles. The Labute approximate surface area is 130 Å². The van der Waals surface area contributed by atoms with Crippen molar-refractivity contribution >= 4 is 23.5 Å². The molecular weight excluding hydrogens is 312 g/mol. The number of hydrogen-bond donors (Lipinski definition) is 3. The second kappa shape index (κ2) is 6.59. The summed E-state index contributed by atoms with van der Waals surface area (Å²) in [6, 6.07) is 4.86. The zero-order chi connectivity index (χ0) is 16.3. The van der Waals surface area contributed by atoms with Crippen LogP contribution in [0.2, 0.25) is 5.02 Å². The van der Waals surface area contributed by atoms with Gasteiger partial charge in [-0.3, -0.25) is 4.79 Å². The van der Waals surface area contributed by atoms with Crippen LogP contribution < -0.4 is 5.73 Å². The molecule has 22 heavy (non-hydrogen) atoms. The highest BCUT2D eigenvalue weighted by molar-refractivity contribution is 6.33. The van der Waals surface area contributed by atoms with E-state index in [0.29, 0.717) is 16.1 Å². The molecule has 0 saturated carbocycles. The Balaban J connectivity index is 2.41. The smallest absolute Gasteiger partial charge is 0.357 e. The third-order valence-corrected chi connectivity index (χ3v) is 3.45. The van der Waals surface area contributed by atoms with E-state index >= 15 is 0 Å². The van der Waals surface area contributed by atoms with Crippen LogP contribution >= 0.6 is 11.6 Å². The number of carboxylic acid groups (broad SMARTS) is 2. The van der Waals surface area contributed by atoms with Crippen molar-refractivity contribution < 1.29 is 24.2 Å². The first-order valence-electron chi connectivity index (χ1n) is 6.33. The third-order valence-electron chi connectivity index (χ3n) is 3.12. The van der Waals surface area contributed by atoms with Gasteiger partial charge in [0.25, 0.3) is 0 Å². The quantitative estimate of drug-likeness (QED) is 0.743. The second-order valence-electron chi connectivity index (χ2n) is 4.61. The van der Waals surface area contributed by atoms with E-state index in [2.05, 4.69) is 4.98 Å². The van der Waals surface area contributed by atoms with E-state index < -0.39 is 11.9 Å². The molecule has 8 heteroatoms. The molecule has 0 radical (unpaired) electrons. The van der Waals surface area contributed by atoms with Crippen LogP contribution in [0.3, 0.4) is 0 Å². The molecule has 4 N–H and O–H groups in total. The number of nitrogens with two attached hydrogens (primary N) is 1. The molecule has 0 bridgehead atoms. The van der Waals surface area contributed by atoms with Gasteiger partial charge in [0.2, 0.25) is 5.89 Å². The van der Waals surface area contributed by atoms with Crippen LogP contribution in [0.4, 0.5) is 0 Å². The Morgan fingerprint density at radius 1 is 1.36 bits per heavy atom. The minimum Gasteiger partial charge on any atom is -0.481 e. The molecule has 2 rings (SSSR count). The molecule has 7 nitrogen and oxygen atoms in total. The van der Waals surface area contributed by atoms with Crippen LogP contribution in [0.25, 0.3) is 11.5 Å². The number of hydrogen-bond acceptors (Lipinski definition) is 5. The second-order valence-corrected chi connectivity index (χ2v) is 5.02. The Kier molecular flexibility index (Phi) is 4.79. The van der Waals surface area contributed by atoms with Crippen molar-refractivity contribution in [2.75, 3.05) is 6.54 Å². The first-order chi connectivity index (χ1) is 10.4. The number of carboxylic acids is 2. The molecule has 0 spiro atoms. The molecule has 0 saturated heterocycles. The standard InChI is InChI=1S/C14H13ClN2O5/c15-10-2-1-7(8(5-16)4-12(18)19)3-9(10)13-17-11(6-22-13)14(20)21/h1-3,6,8H,4-5,16H2,(H,18,19)(H,20,21)/t8-/m0/s1. The van der Waals surface area contributed by atoms with Gasteiger partial charge in [0.15, 0.2) is 5.69 Å².